The third-order valence-electron chi connectivity index (χ3n) is 3.66. The van der Waals surface area contributed by atoms with Crippen LogP contribution in [0.25, 0.3) is 11.6 Å². The third kappa shape index (κ3) is 3.81. The highest BCUT2D eigenvalue weighted by atomic mass is 35.5. The van der Waals surface area contributed by atoms with E-state index in [1.165, 1.54) is 6.08 Å². The Kier molecular flexibility index (Phi) is 4.86. The standard InChI is InChI=1S/C19H13ClN2O4/c20-13-6-4-12(5-7-13)16-17(19(26)22-18(16)25)21-14-8-1-11(2-9-14)3-10-15(23)24/h1-10H,(H,23,24)(H2,21,22,25,26)/b10-3+. The number of imide groups is 1. The lowest BCUT2D eigenvalue weighted by Gasteiger charge is -2.08. The highest BCUT2D eigenvalue weighted by Crippen LogP contribution is 2.26. The number of amides is 2. The van der Waals surface area contributed by atoms with Crippen molar-refractivity contribution in [3.05, 3.63) is 76.5 Å². The molecule has 1 heterocycles. The van der Waals surface area contributed by atoms with Crippen molar-refractivity contribution in [3.8, 4) is 0 Å². The molecule has 0 aliphatic carbocycles. The van der Waals surface area contributed by atoms with Gasteiger partial charge in [0.1, 0.15) is 5.70 Å². The van der Waals surface area contributed by atoms with E-state index < -0.39 is 17.8 Å². The SMILES string of the molecule is O=C(O)/C=C/c1ccc(NC2=C(c3ccc(Cl)cc3)C(=O)NC2=O)cc1. The van der Waals surface area contributed by atoms with Crippen LogP contribution in [-0.2, 0) is 14.4 Å². The van der Waals surface area contributed by atoms with Gasteiger partial charge in [-0.1, -0.05) is 35.9 Å². The maximum Gasteiger partial charge on any atom is 0.328 e. The van der Waals surface area contributed by atoms with Gasteiger partial charge >= 0.3 is 5.97 Å². The monoisotopic (exact) mass is 368 g/mol. The molecule has 0 atom stereocenters. The lowest BCUT2D eigenvalue weighted by atomic mass is 10.0. The van der Waals surface area contributed by atoms with E-state index in [2.05, 4.69) is 10.6 Å². The Bertz CT molecular complexity index is 945. The van der Waals surface area contributed by atoms with Crippen LogP contribution in [0.3, 0.4) is 0 Å². The number of carboxylic acids is 1. The zero-order chi connectivity index (χ0) is 18.7. The molecule has 0 aromatic heterocycles. The van der Waals surface area contributed by atoms with Crippen molar-refractivity contribution in [2.24, 2.45) is 0 Å². The first-order valence-electron chi connectivity index (χ1n) is 7.58. The molecular formula is C19H13ClN2O4. The molecule has 2 aromatic carbocycles. The summed E-state index contributed by atoms with van der Waals surface area (Å²) in [4.78, 5) is 34.8. The minimum Gasteiger partial charge on any atom is -0.478 e. The van der Waals surface area contributed by atoms with E-state index in [1.807, 2.05) is 0 Å². The number of hydrogen-bond donors (Lipinski definition) is 3. The molecule has 0 bridgehead atoms. The Hall–Kier alpha value is -3.38. The van der Waals surface area contributed by atoms with Gasteiger partial charge in [0.25, 0.3) is 11.8 Å². The Morgan fingerprint density at radius 1 is 1.00 bits per heavy atom. The predicted molar refractivity (Wildman–Crippen MR) is 98.3 cm³/mol. The average Bonchev–Trinajstić information content (AvgIpc) is 2.88. The number of benzene rings is 2. The summed E-state index contributed by atoms with van der Waals surface area (Å²) in [7, 11) is 0. The maximum absolute atomic E-state index is 12.1. The molecular weight excluding hydrogens is 356 g/mol. The first kappa shape index (κ1) is 17.4. The van der Waals surface area contributed by atoms with Gasteiger partial charge in [0.15, 0.2) is 0 Å². The first-order valence-corrected chi connectivity index (χ1v) is 7.96. The molecule has 2 amide bonds. The fourth-order valence-electron chi connectivity index (χ4n) is 2.46. The second-order valence-electron chi connectivity index (χ2n) is 5.46. The number of nitrogens with one attached hydrogen (secondary N) is 2. The van der Waals surface area contributed by atoms with Crippen LogP contribution < -0.4 is 10.6 Å². The normalized spacial score (nSPS) is 14.0. The molecule has 1 aliphatic rings. The van der Waals surface area contributed by atoms with Gasteiger partial charge in [0, 0.05) is 16.8 Å². The molecule has 3 N–H and O–H groups in total. The van der Waals surface area contributed by atoms with E-state index >= 15 is 0 Å². The molecule has 26 heavy (non-hydrogen) atoms. The van der Waals surface area contributed by atoms with Crippen LogP contribution in [0, 0.1) is 0 Å². The summed E-state index contributed by atoms with van der Waals surface area (Å²) in [5.41, 5.74) is 2.23. The molecule has 0 unspecified atom stereocenters. The molecule has 3 rings (SSSR count). The molecule has 0 saturated heterocycles. The van der Waals surface area contributed by atoms with E-state index in [0.717, 1.165) is 6.08 Å². The maximum atomic E-state index is 12.1. The average molecular weight is 369 g/mol. The van der Waals surface area contributed by atoms with E-state index in [4.69, 9.17) is 16.7 Å². The van der Waals surface area contributed by atoms with E-state index in [0.29, 0.717) is 21.8 Å². The third-order valence-corrected chi connectivity index (χ3v) is 3.91. The first-order chi connectivity index (χ1) is 12.4. The topological polar surface area (TPSA) is 95.5 Å². The number of carboxylic acid groups (broad SMARTS) is 1. The molecule has 0 saturated carbocycles. The Labute approximate surface area is 153 Å². The van der Waals surface area contributed by atoms with Crippen LogP contribution in [0.4, 0.5) is 5.69 Å². The highest BCUT2D eigenvalue weighted by Gasteiger charge is 2.31. The molecule has 0 fully saturated rings. The van der Waals surface area contributed by atoms with Gasteiger partial charge in [0.2, 0.25) is 0 Å². The molecule has 2 aromatic rings. The molecule has 0 spiro atoms. The minimum atomic E-state index is -1.04. The number of aliphatic carboxylic acids is 1. The van der Waals surface area contributed by atoms with Gasteiger partial charge in [-0.15, -0.1) is 0 Å². The Morgan fingerprint density at radius 3 is 2.27 bits per heavy atom. The second-order valence-corrected chi connectivity index (χ2v) is 5.90. The lowest BCUT2D eigenvalue weighted by Crippen LogP contribution is -2.24. The summed E-state index contributed by atoms with van der Waals surface area (Å²) in [5, 5.41) is 14.4. The van der Waals surface area contributed by atoms with Crippen LogP contribution in [0.5, 0.6) is 0 Å². The van der Waals surface area contributed by atoms with Gasteiger partial charge in [-0.05, 0) is 41.5 Å². The van der Waals surface area contributed by atoms with Crippen LogP contribution in [-0.4, -0.2) is 22.9 Å². The number of rotatable bonds is 5. The quantitative estimate of drug-likeness (QED) is 0.557. The van der Waals surface area contributed by atoms with Crippen molar-refractivity contribution in [2.45, 2.75) is 0 Å². The number of halogens is 1. The fraction of sp³-hybridized carbons (Fsp3) is 0. The Balaban J connectivity index is 1.90. The van der Waals surface area contributed by atoms with Crippen molar-refractivity contribution >= 4 is 46.7 Å². The van der Waals surface area contributed by atoms with Gasteiger partial charge in [-0.25, -0.2) is 4.79 Å². The molecule has 0 radical (unpaired) electrons. The van der Waals surface area contributed by atoms with Crippen LogP contribution in [0.1, 0.15) is 11.1 Å². The highest BCUT2D eigenvalue weighted by molar-refractivity contribution is 6.37. The van der Waals surface area contributed by atoms with Crippen molar-refractivity contribution < 1.29 is 19.5 Å². The largest absolute Gasteiger partial charge is 0.478 e. The summed E-state index contributed by atoms with van der Waals surface area (Å²) in [6.07, 6.45) is 2.49. The summed E-state index contributed by atoms with van der Waals surface area (Å²) in [5.74, 6) is -2.04. The van der Waals surface area contributed by atoms with Crippen LogP contribution >= 0.6 is 11.6 Å². The minimum absolute atomic E-state index is 0.145. The second kappa shape index (κ2) is 7.25. The molecule has 130 valence electrons. The van der Waals surface area contributed by atoms with Gasteiger partial charge < -0.3 is 10.4 Å². The molecule has 1 aliphatic heterocycles. The summed E-state index contributed by atoms with van der Waals surface area (Å²) >= 11 is 5.87. The molecule has 7 heteroatoms. The zero-order valence-electron chi connectivity index (χ0n) is 13.3. The van der Waals surface area contributed by atoms with E-state index in [9.17, 15) is 14.4 Å². The van der Waals surface area contributed by atoms with Crippen molar-refractivity contribution in [1.82, 2.24) is 5.32 Å². The zero-order valence-corrected chi connectivity index (χ0v) is 14.1. The number of carbonyl (C=O) groups is 3. The number of carbonyl (C=O) groups excluding carboxylic acids is 2. The van der Waals surface area contributed by atoms with Gasteiger partial charge in [-0.2, -0.15) is 0 Å². The van der Waals surface area contributed by atoms with Gasteiger partial charge in [0.05, 0.1) is 5.57 Å². The van der Waals surface area contributed by atoms with Crippen molar-refractivity contribution in [3.63, 3.8) is 0 Å². The van der Waals surface area contributed by atoms with Crippen LogP contribution in [0.2, 0.25) is 5.02 Å². The molecule has 6 nitrogen and oxygen atoms in total. The fourth-order valence-corrected chi connectivity index (χ4v) is 2.58. The lowest BCUT2D eigenvalue weighted by molar-refractivity contribution is -0.131. The summed E-state index contributed by atoms with van der Waals surface area (Å²) in [6, 6.07) is 13.4. The van der Waals surface area contributed by atoms with Crippen LogP contribution in [0.15, 0.2) is 60.3 Å². The number of hydrogen-bond acceptors (Lipinski definition) is 4. The van der Waals surface area contributed by atoms with Crippen molar-refractivity contribution in [2.75, 3.05) is 5.32 Å². The Morgan fingerprint density at radius 2 is 1.65 bits per heavy atom. The number of anilines is 1. The van der Waals surface area contributed by atoms with Crippen molar-refractivity contribution in [1.29, 1.82) is 0 Å². The van der Waals surface area contributed by atoms with E-state index in [-0.39, 0.29) is 11.3 Å². The predicted octanol–water partition coefficient (Wildman–Crippen LogP) is 2.92. The van der Waals surface area contributed by atoms with Gasteiger partial charge in [-0.3, -0.25) is 14.9 Å². The van der Waals surface area contributed by atoms with E-state index in [1.54, 1.807) is 48.5 Å². The summed E-state index contributed by atoms with van der Waals surface area (Å²) in [6.45, 7) is 0. The summed E-state index contributed by atoms with van der Waals surface area (Å²) < 4.78 is 0. The smallest absolute Gasteiger partial charge is 0.328 e.